The summed E-state index contributed by atoms with van der Waals surface area (Å²) >= 11 is 0. The third-order valence-electron chi connectivity index (χ3n) is 8.24. The predicted molar refractivity (Wildman–Crippen MR) is 121 cm³/mol. The van der Waals surface area contributed by atoms with Crippen LogP contribution in [0.3, 0.4) is 0 Å². The highest BCUT2D eigenvalue weighted by atomic mass is 32.2. The van der Waals surface area contributed by atoms with Gasteiger partial charge in [0, 0.05) is 25.6 Å². The Labute approximate surface area is 184 Å². The largest absolute Gasteiger partial charge is 0.335 e. The molecule has 31 heavy (non-hydrogen) atoms. The Balaban J connectivity index is 1.35. The first kappa shape index (κ1) is 19.6. The molecule has 1 aliphatic heterocycles. The van der Waals surface area contributed by atoms with Crippen molar-refractivity contribution >= 4 is 21.7 Å². The van der Waals surface area contributed by atoms with Gasteiger partial charge in [-0.1, -0.05) is 18.2 Å². The van der Waals surface area contributed by atoms with Crippen molar-refractivity contribution in [1.29, 1.82) is 0 Å². The zero-order valence-corrected chi connectivity index (χ0v) is 19.2. The van der Waals surface area contributed by atoms with Crippen LogP contribution >= 0.6 is 0 Å². The highest BCUT2D eigenvalue weighted by molar-refractivity contribution is 7.92. The molecule has 2 heterocycles. The summed E-state index contributed by atoms with van der Waals surface area (Å²) in [7, 11) is -1.23. The van der Waals surface area contributed by atoms with Crippen molar-refractivity contribution in [2.45, 2.75) is 50.5 Å². The van der Waals surface area contributed by atoms with Crippen molar-refractivity contribution < 1.29 is 8.42 Å². The molecule has 0 radical (unpaired) electrons. The summed E-state index contributed by atoms with van der Waals surface area (Å²) in [6, 6.07) is 7.79. The van der Waals surface area contributed by atoms with E-state index in [-0.39, 0.29) is 5.41 Å². The fourth-order valence-corrected chi connectivity index (χ4v) is 8.41. The molecule has 4 aliphatic carbocycles. The molecule has 2 aromatic rings. The number of aromatic nitrogens is 3. The number of sulfonamides is 1. The molecule has 4 saturated carbocycles. The minimum Gasteiger partial charge on any atom is -0.335 e. The first-order valence-electron chi connectivity index (χ1n) is 11.5. The maximum atomic E-state index is 12.4. The normalized spacial score (nSPS) is 32.3. The Kier molecular flexibility index (Phi) is 4.23. The highest BCUT2D eigenvalue weighted by Gasteiger charge is 2.54. The van der Waals surface area contributed by atoms with E-state index in [1.807, 2.05) is 24.3 Å². The van der Waals surface area contributed by atoms with Gasteiger partial charge in [0.1, 0.15) is 5.82 Å². The van der Waals surface area contributed by atoms with Crippen LogP contribution in [0.1, 0.15) is 49.9 Å². The second-order valence-corrected chi connectivity index (χ2v) is 12.4. The van der Waals surface area contributed by atoms with Crippen LogP contribution in [0, 0.1) is 17.8 Å². The molecule has 4 bridgehead atoms. The molecular formula is C23H31N5O2S. The highest BCUT2D eigenvalue weighted by Crippen LogP contribution is 2.60. The van der Waals surface area contributed by atoms with Gasteiger partial charge in [-0.25, -0.2) is 8.42 Å². The van der Waals surface area contributed by atoms with Crippen LogP contribution in [0.15, 0.2) is 24.3 Å². The summed E-state index contributed by atoms with van der Waals surface area (Å²) in [6.07, 6.45) is 9.30. The number of para-hydroxylation sites is 1. The molecule has 0 saturated heterocycles. The molecule has 1 aromatic heterocycles. The van der Waals surface area contributed by atoms with E-state index in [0.29, 0.717) is 19.6 Å². The van der Waals surface area contributed by atoms with Crippen molar-refractivity contribution in [2.24, 2.45) is 24.8 Å². The van der Waals surface area contributed by atoms with Crippen molar-refractivity contribution in [1.82, 2.24) is 14.8 Å². The van der Waals surface area contributed by atoms with Crippen LogP contribution in [-0.4, -0.2) is 42.5 Å². The molecule has 8 heteroatoms. The monoisotopic (exact) mass is 441 g/mol. The van der Waals surface area contributed by atoms with E-state index in [4.69, 9.17) is 5.10 Å². The predicted octanol–water partition coefficient (Wildman–Crippen LogP) is 3.07. The lowest BCUT2D eigenvalue weighted by molar-refractivity contribution is -0.0107. The number of hydrogen-bond donors (Lipinski definition) is 0. The second kappa shape index (κ2) is 6.70. The lowest BCUT2D eigenvalue weighted by atomic mass is 9.49. The van der Waals surface area contributed by atoms with Gasteiger partial charge in [0.15, 0.2) is 0 Å². The van der Waals surface area contributed by atoms with Gasteiger partial charge in [0.25, 0.3) is 0 Å². The van der Waals surface area contributed by atoms with E-state index in [1.54, 1.807) is 0 Å². The van der Waals surface area contributed by atoms with Crippen molar-refractivity contribution in [3.05, 3.63) is 35.7 Å². The van der Waals surface area contributed by atoms with Crippen LogP contribution in [0.25, 0.3) is 0 Å². The molecule has 7 nitrogen and oxygen atoms in total. The standard InChI is InChI=1S/C23H31N5O2S/c1-26-21(23-12-16-9-17(13-23)11-18(10-16)14-23)24-25-22(26)27-7-8-28(31(2,29)30)20-6-4-3-5-19(20)15-27/h3-6,16-18H,7-15H2,1-2H3. The Morgan fingerprint density at radius 1 is 0.968 bits per heavy atom. The summed E-state index contributed by atoms with van der Waals surface area (Å²) < 4.78 is 28.6. The number of fused-ring (bicyclic) bond motifs is 1. The van der Waals surface area contributed by atoms with Crippen molar-refractivity contribution in [3.8, 4) is 0 Å². The Bertz CT molecular complexity index is 1090. The summed E-state index contributed by atoms with van der Waals surface area (Å²) in [4.78, 5) is 2.20. The first-order valence-corrected chi connectivity index (χ1v) is 13.4. The van der Waals surface area contributed by atoms with Crippen molar-refractivity contribution in [2.75, 3.05) is 28.6 Å². The Hall–Kier alpha value is -2.09. The number of benzene rings is 1. The van der Waals surface area contributed by atoms with Crippen LogP contribution in [0.4, 0.5) is 11.6 Å². The molecule has 0 N–H and O–H groups in total. The van der Waals surface area contributed by atoms with Gasteiger partial charge < -0.3 is 4.90 Å². The minimum absolute atomic E-state index is 0.192. The molecule has 0 atom stereocenters. The molecule has 0 amide bonds. The number of anilines is 2. The van der Waals surface area contributed by atoms with Crippen LogP contribution in [0.5, 0.6) is 0 Å². The maximum Gasteiger partial charge on any atom is 0.232 e. The van der Waals surface area contributed by atoms with E-state index in [0.717, 1.165) is 40.8 Å². The van der Waals surface area contributed by atoms with Crippen molar-refractivity contribution in [3.63, 3.8) is 0 Å². The van der Waals surface area contributed by atoms with E-state index in [1.165, 1.54) is 49.1 Å². The van der Waals surface area contributed by atoms with Crippen LogP contribution in [0.2, 0.25) is 0 Å². The van der Waals surface area contributed by atoms with Gasteiger partial charge in [0.05, 0.1) is 18.5 Å². The average molecular weight is 442 g/mol. The topological polar surface area (TPSA) is 71.3 Å². The molecular weight excluding hydrogens is 410 g/mol. The molecule has 7 rings (SSSR count). The lowest BCUT2D eigenvalue weighted by Gasteiger charge is -2.56. The fraction of sp³-hybridized carbons (Fsp3) is 0.652. The number of rotatable bonds is 3. The molecule has 4 fully saturated rings. The quantitative estimate of drug-likeness (QED) is 0.732. The minimum atomic E-state index is -3.34. The Morgan fingerprint density at radius 2 is 1.61 bits per heavy atom. The van der Waals surface area contributed by atoms with Crippen LogP contribution in [-0.2, 0) is 29.0 Å². The van der Waals surface area contributed by atoms with E-state index >= 15 is 0 Å². The zero-order valence-electron chi connectivity index (χ0n) is 18.4. The average Bonchev–Trinajstić information content (AvgIpc) is 2.97. The van der Waals surface area contributed by atoms with E-state index in [2.05, 4.69) is 21.6 Å². The third kappa shape index (κ3) is 3.09. The zero-order chi connectivity index (χ0) is 21.4. The van der Waals surface area contributed by atoms with E-state index < -0.39 is 10.0 Å². The first-order chi connectivity index (χ1) is 14.8. The number of hydrogen-bond acceptors (Lipinski definition) is 5. The summed E-state index contributed by atoms with van der Waals surface area (Å²) in [5.41, 5.74) is 1.97. The smallest absolute Gasteiger partial charge is 0.232 e. The van der Waals surface area contributed by atoms with Gasteiger partial charge in [-0.15, -0.1) is 10.2 Å². The molecule has 1 aromatic carbocycles. The fourth-order valence-electron chi connectivity index (χ4n) is 7.46. The van der Waals surface area contributed by atoms with Gasteiger partial charge in [-0.05, 0) is 67.9 Å². The summed E-state index contributed by atoms with van der Waals surface area (Å²) in [5, 5.41) is 9.44. The Morgan fingerprint density at radius 3 is 2.26 bits per heavy atom. The molecule has 0 unspecified atom stereocenters. The maximum absolute atomic E-state index is 12.4. The third-order valence-corrected chi connectivity index (χ3v) is 9.42. The van der Waals surface area contributed by atoms with Crippen LogP contribution < -0.4 is 9.21 Å². The summed E-state index contributed by atoms with van der Waals surface area (Å²) in [5.74, 6) is 4.59. The van der Waals surface area contributed by atoms with Gasteiger partial charge in [-0.3, -0.25) is 8.87 Å². The van der Waals surface area contributed by atoms with Gasteiger partial charge in [0.2, 0.25) is 16.0 Å². The lowest BCUT2D eigenvalue weighted by Crippen LogP contribution is -2.49. The van der Waals surface area contributed by atoms with E-state index in [9.17, 15) is 8.42 Å². The summed E-state index contributed by atoms with van der Waals surface area (Å²) in [6.45, 7) is 1.64. The SMILES string of the molecule is Cn1c(N2CCN(S(C)(=O)=O)c3ccccc3C2)nnc1C12CC3CC(CC(C3)C1)C2. The number of nitrogens with zero attached hydrogens (tertiary/aromatic N) is 5. The second-order valence-electron chi connectivity index (χ2n) is 10.5. The van der Waals surface area contributed by atoms with Gasteiger partial charge >= 0.3 is 0 Å². The molecule has 0 spiro atoms. The molecule has 5 aliphatic rings. The molecule has 166 valence electrons. The van der Waals surface area contributed by atoms with Gasteiger partial charge in [-0.2, -0.15) is 0 Å².